The van der Waals surface area contributed by atoms with Crippen LogP contribution >= 0.6 is 0 Å². The third kappa shape index (κ3) is 4.80. The Kier molecular flexibility index (Phi) is 5.99. The minimum absolute atomic E-state index is 0.262. The molecule has 0 atom stereocenters. The van der Waals surface area contributed by atoms with Crippen LogP contribution < -0.4 is 4.74 Å². The molecule has 8 nitrogen and oxygen atoms in total. The molecule has 0 saturated heterocycles. The summed E-state index contributed by atoms with van der Waals surface area (Å²) in [6.07, 6.45) is 1.18. The molecule has 0 spiro atoms. The highest BCUT2D eigenvalue weighted by Gasteiger charge is 2.14. The first kappa shape index (κ1) is 20.9. The van der Waals surface area contributed by atoms with Gasteiger partial charge in [-0.15, -0.1) is 5.10 Å². The fourth-order valence-electron chi connectivity index (χ4n) is 3.40. The maximum absolute atomic E-state index is 11.6. The lowest BCUT2D eigenvalue weighted by molar-refractivity contribution is 0.307. The Bertz CT molecular complexity index is 1080. The van der Waals surface area contributed by atoms with Gasteiger partial charge >= 0.3 is 0 Å². The van der Waals surface area contributed by atoms with Gasteiger partial charge in [0.25, 0.3) is 0 Å². The average Bonchev–Trinajstić information content (AvgIpc) is 3.08. The zero-order valence-electron chi connectivity index (χ0n) is 17.2. The van der Waals surface area contributed by atoms with Crippen molar-refractivity contribution in [3.63, 3.8) is 0 Å². The molecule has 154 valence electrons. The largest absolute Gasteiger partial charge is 0.496 e. The number of benzene rings is 2. The first-order chi connectivity index (χ1) is 13.7. The van der Waals surface area contributed by atoms with E-state index in [-0.39, 0.29) is 4.90 Å². The summed E-state index contributed by atoms with van der Waals surface area (Å²) in [5.74, 6) is 1.58. The van der Waals surface area contributed by atoms with Crippen LogP contribution in [0.2, 0.25) is 0 Å². The zero-order chi connectivity index (χ0) is 21.2. The summed E-state index contributed by atoms with van der Waals surface area (Å²) in [6, 6.07) is 10.8. The molecule has 0 amide bonds. The number of aromatic nitrogens is 4. The molecule has 9 heteroatoms. The monoisotopic (exact) mass is 415 g/mol. The summed E-state index contributed by atoms with van der Waals surface area (Å²) in [5, 5.41) is 12.0. The quantitative estimate of drug-likeness (QED) is 0.585. The highest BCUT2D eigenvalue weighted by Crippen LogP contribution is 2.25. The predicted molar refractivity (Wildman–Crippen MR) is 110 cm³/mol. The molecule has 1 aromatic heterocycles. The van der Waals surface area contributed by atoms with Crippen molar-refractivity contribution in [2.24, 2.45) is 0 Å². The average molecular weight is 416 g/mol. The van der Waals surface area contributed by atoms with Gasteiger partial charge < -0.3 is 4.74 Å². The minimum Gasteiger partial charge on any atom is -0.496 e. The van der Waals surface area contributed by atoms with Crippen LogP contribution in [0.3, 0.4) is 0 Å². The number of methoxy groups -OCH3 is 1. The lowest BCUT2D eigenvalue weighted by atomic mass is 10.1. The summed E-state index contributed by atoms with van der Waals surface area (Å²) in [6.45, 7) is 5.34. The van der Waals surface area contributed by atoms with E-state index in [0.29, 0.717) is 18.1 Å². The molecule has 1 heterocycles. The fourth-order valence-corrected chi connectivity index (χ4v) is 4.03. The second-order valence-electron chi connectivity index (χ2n) is 7.21. The molecule has 0 aliphatic carbocycles. The van der Waals surface area contributed by atoms with Gasteiger partial charge in [0.15, 0.2) is 15.7 Å². The van der Waals surface area contributed by atoms with E-state index in [9.17, 15) is 8.42 Å². The molecule has 0 N–H and O–H groups in total. The van der Waals surface area contributed by atoms with Crippen molar-refractivity contribution in [1.29, 1.82) is 0 Å². The van der Waals surface area contributed by atoms with Crippen LogP contribution in [0.5, 0.6) is 5.75 Å². The third-order valence-corrected chi connectivity index (χ3v) is 5.76. The normalized spacial score (nSPS) is 11.8. The van der Waals surface area contributed by atoms with E-state index in [2.05, 4.69) is 32.6 Å². The van der Waals surface area contributed by atoms with Gasteiger partial charge in [-0.3, -0.25) is 4.90 Å². The first-order valence-corrected chi connectivity index (χ1v) is 11.0. The van der Waals surface area contributed by atoms with Crippen LogP contribution in [0.25, 0.3) is 5.69 Å². The van der Waals surface area contributed by atoms with Crippen LogP contribution in [0.4, 0.5) is 0 Å². The number of nitrogens with zero attached hydrogens (tertiary/aromatic N) is 5. The molecule has 0 unspecified atom stereocenters. The topological polar surface area (TPSA) is 90.2 Å². The first-order valence-electron chi connectivity index (χ1n) is 9.09. The molecule has 3 rings (SSSR count). The molecule has 0 fully saturated rings. The second kappa shape index (κ2) is 8.30. The molecule has 0 saturated carbocycles. The van der Waals surface area contributed by atoms with Gasteiger partial charge in [0, 0.05) is 12.8 Å². The van der Waals surface area contributed by atoms with E-state index in [1.807, 2.05) is 20.9 Å². The van der Waals surface area contributed by atoms with Crippen molar-refractivity contribution < 1.29 is 13.2 Å². The molecule has 29 heavy (non-hydrogen) atoms. The van der Waals surface area contributed by atoms with Crippen LogP contribution in [-0.2, 0) is 22.9 Å². The maximum atomic E-state index is 11.6. The second-order valence-corrected chi connectivity index (χ2v) is 9.22. The van der Waals surface area contributed by atoms with E-state index in [1.54, 1.807) is 36.1 Å². The summed E-state index contributed by atoms with van der Waals surface area (Å²) in [4.78, 5) is 2.38. The smallest absolute Gasteiger partial charge is 0.175 e. The molecular formula is C20H25N5O3S. The van der Waals surface area contributed by atoms with Crippen LogP contribution in [0, 0.1) is 13.8 Å². The van der Waals surface area contributed by atoms with Gasteiger partial charge in [-0.2, -0.15) is 4.68 Å². The van der Waals surface area contributed by atoms with E-state index >= 15 is 0 Å². The van der Waals surface area contributed by atoms with Crippen molar-refractivity contribution in [2.45, 2.75) is 31.8 Å². The molecular weight excluding hydrogens is 390 g/mol. The predicted octanol–water partition coefficient (Wildman–Crippen LogP) is 2.32. The lowest BCUT2D eigenvalue weighted by Gasteiger charge is -2.18. The van der Waals surface area contributed by atoms with Crippen LogP contribution in [0.1, 0.15) is 22.5 Å². The Labute approximate surface area is 171 Å². The fraction of sp³-hybridized carbons (Fsp3) is 0.350. The van der Waals surface area contributed by atoms with Gasteiger partial charge in [0.05, 0.1) is 24.2 Å². The molecule has 2 aromatic carbocycles. The van der Waals surface area contributed by atoms with Crippen LogP contribution in [-0.4, -0.2) is 53.9 Å². The number of hydrogen-bond donors (Lipinski definition) is 0. The number of aryl methyl sites for hydroxylation is 2. The zero-order valence-corrected chi connectivity index (χ0v) is 18.1. The van der Waals surface area contributed by atoms with Gasteiger partial charge in [0.1, 0.15) is 5.75 Å². The maximum Gasteiger partial charge on any atom is 0.175 e. The molecule has 0 bridgehead atoms. The highest BCUT2D eigenvalue weighted by molar-refractivity contribution is 7.90. The van der Waals surface area contributed by atoms with Crippen molar-refractivity contribution in [2.75, 3.05) is 20.4 Å². The number of ether oxygens (including phenoxy) is 1. The number of rotatable bonds is 7. The molecule has 0 aliphatic heterocycles. The SMILES string of the molecule is COc1c(C)cc(CN(C)Cc2nnnn2-c2ccc(S(C)(=O)=O)cc2)cc1C. The third-order valence-electron chi connectivity index (χ3n) is 4.63. The van der Waals surface area contributed by atoms with E-state index in [1.165, 1.54) is 11.8 Å². The van der Waals surface area contributed by atoms with Gasteiger partial charge in [0.2, 0.25) is 0 Å². The Hall–Kier alpha value is -2.78. The van der Waals surface area contributed by atoms with Crippen molar-refractivity contribution in [3.8, 4) is 11.4 Å². The highest BCUT2D eigenvalue weighted by atomic mass is 32.2. The molecule has 0 radical (unpaired) electrons. The Morgan fingerprint density at radius 2 is 1.69 bits per heavy atom. The summed E-state index contributed by atoms with van der Waals surface area (Å²) < 4.78 is 30.3. The Morgan fingerprint density at radius 3 is 2.24 bits per heavy atom. The van der Waals surface area contributed by atoms with Gasteiger partial charge in [-0.1, -0.05) is 12.1 Å². The Balaban J connectivity index is 1.76. The van der Waals surface area contributed by atoms with E-state index in [0.717, 1.165) is 23.4 Å². The molecule has 3 aromatic rings. The van der Waals surface area contributed by atoms with Gasteiger partial charge in [-0.05, 0) is 72.3 Å². The minimum atomic E-state index is -3.24. The van der Waals surface area contributed by atoms with Crippen molar-refractivity contribution >= 4 is 9.84 Å². The van der Waals surface area contributed by atoms with Crippen molar-refractivity contribution in [1.82, 2.24) is 25.1 Å². The van der Waals surface area contributed by atoms with Crippen molar-refractivity contribution in [3.05, 3.63) is 58.9 Å². The van der Waals surface area contributed by atoms with Crippen LogP contribution in [0.15, 0.2) is 41.3 Å². The summed E-state index contributed by atoms with van der Waals surface area (Å²) in [7, 11) is 0.442. The number of hydrogen-bond acceptors (Lipinski definition) is 7. The molecule has 0 aliphatic rings. The van der Waals surface area contributed by atoms with Gasteiger partial charge in [-0.25, -0.2) is 8.42 Å². The summed E-state index contributed by atoms with van der Waals surface area (Å²) in [5.41, 5.74) is 4.10. The van der Waals surface area contributed by atoms with E-state index < -0.39 is 9.84 Å². The Morgan fingerprint density at radius 1 is 1.07 bits per heavy atom. The lowest BCUT2D eigenvalue weighted by Crippen LogP contribution is -2.20. The summed E-state index contributed by atoms with van der Waals surface area (Å²) >= 11 is 0. The number of sulfone groups is 1. The van der Waals surface area contributed by atoms with E-state index in [4.69, 9.17) is 4.74 Å². The standard InChI is InChI=1S/C20H25N5O3S/c1-14-10-16(11-15(2)20(14)28-4)12-24(3)13-19-21-22-23-25(19)17-6-8-18(9-7-17)29(5,26)27/h6-11H,12-13H2,1-5H3. The number of tetrazole rings is 1.